The topological polar surface area (TPSA) is 231 Å². The number of sulfonamides is 2. The maximum Gasteiger partial charge on any atom is 0.411 e. The van der Waals surface area contributed by atoms with Crippen LogP contribution in [0.15, 0.2) is 149 Å². The number of aromatic nitrogens is 2. The molecule has 85 heavy (non-hydrogen) atoms. The van der Waals surface area contributed by atoms with Crippen LogP contribution >= 0.6 is 0 Å². The van der Waals surface area contributed by atoms with Crippen molar-refractivity contribution in [2.24, 2.45) is 5.41 Å². The summed E-state index contributed by atoms with van der Waals surface area (Å²) in [5, 5.41) is 7.67. The van der Waals surface area contributed by atoms with Crippen molar-refractivity contribution in [3.05, 3.63) is 172 Å². The Morgan fingerprint density at radius 3 is 1.61 bits per heavy atom. The molecule has 4 N–H and O–H groups in total. The molecule has 1 unspecified atom stereocenters. The number of nitrogens with one attached hydrogen (secondary N) is 4. The molecule has 5 aromatic carbocycles. The second-order valence-electron chi connectivity index (χ2n) is 22.6. The number of allylic oxidation sites excluding steroid dienone is 3. The van der Waals surface area contributed by atoms with Gasteiger partial charge in [0.15, 0.2) is 0 Å². The molecule has 0 aliphatic heterocycles. The van der Waals surface area contributed by atoms with Crippen LogP contribution < -0.4 is 24.8 Å². The van der Waals surface area contributed by atoms with E-state index in [2.05, 4.69) is 41.6 Å². The largest absolute Gasteiger partial charge is 0.501 e. The van der Waals surface area contributed by atoms with Crippen LogP contribution in [0.5, 0.6) is 5.75 Å². The van der Waals surface area contributed by atoms with Crippen LogP contribution in [0.25, 0.3) is 21.8 Å². The van der Waals surface area contributed by atoms with E-state index in [-0.39, 0.29) is 34.0 Å². The molecule has 3 aliphatic carbocycles. The SMILES string of the molecule is COC1=C(Cc2cn(CCCCn3cc(Cc4ccc(C(=O)NS(=O)(=O)c5ccccc5C)cc4OC)c4cc(NC(=O)OC5CCCC5)ccc43)c3ccc(NC(=O)OC4CCCC4)cc23)C=CC(C)(C(=O)NS(=O)(=O)c2ccccc2C)C1. The van der Waals surface area contributed by atoms with Gasteiger partial charge >= 0.3 is 12.2 Å². The summed E-state index contributed by atoms with van der Waals surface area (Å²) in [6, 6.07) is 29.4. The number of nitrogens with zero attached hydrogens (tertiary/aromatic N) is 2. The zero-order valence-corrected chi connectivity index (χ0v) is 50.1. The molecule has 0 bridgehead atoms. The molecule has 446 valence electrons. The fraction of sp³-hybridized carbons (Fsp3) is 0.354. The van der Waals surface area contributed by atoms with E-state index in [1.54, 1.807) is 82.5 Å². The van der Waals surface area contributed by atoms with Crippen molar-refractivity contribution in [3.63, 3.8) is 0 Å². The van der Waals surface area contributed by atoms with Crippen molar-refractivity contribution in [2.75, 3.05) is 24.9 Å². The van der Waals surface area contributed by atoms with Gasteiger partial charge in [-0.3, -0.25) is 20.2 Å². The minimum Gasteiger partial charge on any atom is -0.501 e. The Hall–Kier alpha value is -8.36. The Morgan fingerprint density at radius 2 is 1.11 bits per heavy atom. The third-order valence-electron chi connectivity index (χ3n) is 16.5. The van der Waals surface area contributed by atoms with E-state index in [1.807, 2.05) is 42.5 Å². The lowest BCUT2D eigenvalue weighted by atomic mass is 9.79. The van der Waals surface area contributed by atoms with Gasteiger partial charge in [0.1, 0.15) is 23.7 Å². The minimum absolute atomic E-state index is 0.00934. The zero-order valence-electron chi connectivity index (χ0n) is 48.5. The van der Waals surface area contributed by atoms with E-state index >= 15 is 0 Å². The first-order chi connectivity index (χ1) is 40.8. The molecule has 2 saturated carbocycles. The Bertz CT molecular complexity index is 4000. The number of methoxy groups -OCH3 is 2. The predicted molar refractivity (Wildman–Crippen MR) is 326 cm³/mol. The Labute approximate surface area is 496 Å². The van der Waals surface area contributed by atoms with Gasteiger partial charge in [-0.05, 0) is 179 Å². The molecule has 4 amide bonds. The monoisotopic (exact) mass is 1190 g/mol. The van der Waals surface area contributed by atoms with Gasteiger partial charge < -0.3 is 28.1 Å². The van der Waals surface area contributed by atoms with Crippen LogP contribution in [0.3, 0.4) is 0 Å². The summed E-state index contributed by atoms with van der Waals surface area (Å²) in [6.07, 6.45) is 16.4. The first-order valence-corrected chi connectivity index (χ1v) is 31.8. The lowest BCUT2D eigenvalue weighted by molar-refractivity contribution is -0.126. The smallest absolute Gasteiger partial charge is 0.411 e. The van der Waals surface area contributed by atoms with E-state index in [0.29, 0.717) is 59.9 Å². The van der Waals surface area contributed by atoms with Crippen molar-refractivity contribution >= 4 is 77.2 Å². The van der Waals surface area contributed by atoms with Crippen molar-refractivity contribution in [1.82, 2.24) is 18.6 Å². The fourth-order valence-corrected chi connectivity index (χ4v) is 14.4. The molecule has 10 rings (SSSR count). The molecule has 20 heteroatoms. The van der Waals surface area contributed by atoms with Crippen LogP contribution in [0.2, 0.25) is 0 Å². The molecule has 2 heterocycles. The maximum atomic E-state index is 13.8. The lowest BCUT2D eigenvalue weighted by Gasteiger charge is -2.30. The van der Waals surface area contributed by atoms with E-state index in [4.69, 9.17) is 18.9 Å². The average Bonchev–Trinajstić information content (AvgIpc) is 3.62. The number of unbranched alkanes of at least 4 members (excludes halogenated alkanes) is 1. The highest BCUT2D eigenvalue weighted by Gasteiger charge is 2.38. The molecule has 2 aromatic heterocycles. The average molecular weight is 1190 g/mol. The molecule has 0 radical (unpaired) electrons. The van der Waals surface area contributed by atoms with Gasteiger partial charge in [-0.15, -0.1) is 0 Å². The molecular weight excluding hydrogens is 1120 g/mol. The van der Waals surface area contributed by atoms with Crippen molar-refractivity contribution in [1.29, 1.82) is 0 Å². The number of benzene rings is 5. The van der Waals surface area contributed by atoms with Crippen LogP contribution in [-0.4, -0.2) is 76.4 Å². The Balaban J connectivity index is 0.887. The molecule has 0 saturated heterocycles. The molecule has 3 aliphatic rings. The number of ether oxygens (including phenoxy) is 4. The summed E-state index contributed by atoms with van der Waals surface area (Å²) in [5.74, 6) is -0.540. The first kappa shape index (κ1) is 59.8. The summed E-state index contributed by atoms with van der Waals surface area (Å²) in [5.41, 5.74) is 6.36. The quantitative estimate of drug-likeness (QED) is 0.0492. The highest BCUT2D eigenvalue weighted by molar-refractivity contribution is 7.90. The van der Waals surface area contributed by atoms with E-state index in [0.717, 1.165) is 108 Å². The Kier molecular flexibility index (Phi) is 17.9. The third kappa shape index (κ3) is 13.8. The number of anilines is 2. The number of aryl methyl sites for hydroxylation is 4. The number of rotatable bonds is 21. The highest BCUT2D eigenvalue weighted by Crippen LogP contribution is 2.39. The van der Waals surface area contributed by atoms with Gasteiger partial charge in [-0.1, -0.05) is 54.6 Å². The number of hydrogen-bond acceptors (Lipinski definition) is 12. The van der Waals surface area contributed by atoms with E-state index in [1.165, 1.54) is 25.3 Å². The lowest BCUT2D eigenvalue weighted by Crippen LogP contribution is -2.42. The predicted octanol–water partition coefficient (Wildman–Crippen LogP) is 12.3. The van der Waals surface area contributed by atoms with Gasteiger partial charge in [0.05, 0.1) is 29.4 Å². The van der Waals surface area contributed by atoms with Gasteiger partial charge in [-0.2, -0.15) is 0 Å². The molecular formula is C65H72N6O12S2. The van der Waals surface area contributed by atoms with Gasteiger partial charge in [0, 0.05) is 83.5 Å². The van der Waals surface area contributed by atoms with E-state index < -0.39 is 49.5 Å². The molecule has 2 fully saturated rings. The summed E-state index contributed by atoms with van der Waals surface area (Å²) in [6.45, 7) is 6.30. The van der Waals surface area contributed by atoms with Crippen molar-refractivity contribution in [2.45, 2.75) is 139 Å². The second-order valence-corrected chi connectivity index (χ2v) is 25.9. The summed E-state index contributed by atoms with van der Waals surface area (Å²) in [4.78, 5) is 53.5. The van der Waals surface area contributed by atoms with Crippen molar-refractivity contribution < 1.29 is 55.0 Å². The molecule has 1 atom stereocenters. The summed E-state index contributed by atoms with van der Waals surface area (Å²) >= 11 is 0. The Morgan fingerprint density at radius 1 is 0.600 bits per heavy atom. The van der Waals surface area contributed by atoms with Gasteiger partial charge in [-0.25, -0.2) is 35.9 Å². The molecule has 0 spiro atoms. The summed E-state index contributed by atoms with van der Waals surface area (Å²) in [7, 11) is -5.27. The number of carbonyl (C=O) groups excluding carboxylic acids is 4. The van der Waals surface area contributed by atoms with Crippen LogP contribution in [0.1, 0.15) is 116 Å². The number of carbonyl (C=O) groups is 4. The second kappa shape index (κ2) is 25.5. The zero-order chi connectivity index (χ0) is 60.0. The first-order valence-electron chi connectivity index (χ1n) is 28.9. The highest BCUT2D eigenvalue weighted by atomic mass is 32.2. The number of amides is 4. The van der Waals surface area contributed by atoms with E-state index in [9.17, 15) is 36.0 Å². The minimum atomic E-state index is -4.16. The van der Waals surface area contributed by atoms with Crippen LogP contribution in [0.4, 0.5) is 21.0 Å². The number of fused-ring (bicyclic) bond motifs is 2. The standard InChI is InChI=1S/C65H72N6O12S2/c1-42-16-6-12-22-59(42)84(76,77)68-61(72)46-25-24-44(57(36-46)80-4)34-47-40-70(55-28-26-49(37-53(47)55)66-63(74)82-51-18-8-9-19-51)32-14-15-33-71-41-48(54-38-50(27-29-56(54)71)67-64(75)83-52-20-10-11-21-52)35-45-30-31-65(3,39-58(45)81-5)62(73)69-85(78,79)60-23-13-7-17-43(60)2/h6-7,12-13,16-17,22-31,36-38,40-41,51-52H,8-11,14-15,18-21,32-35,39H2,1-5H3,(H,66,74)(H,67,75)(H,68,72)(H,69,73). The third-order valence-corrected chi connectivity index (χ3v) is 19.4. The molecule has 18 nitrogen and oxygen atoms in total. The van der Waals surface area contributed by atoms with Crippen LogP contribution in [-0.2, 0) is 65.0 Å². The van der Waals surface area contributed by atoms with Crippen LogP contribution in [0, 0.1) is 19.3 Å². The normalized spacial score (nSPS) is 16.6. The summed E-state index contributed by atoms with van der Waals surface area (Å²) < 4.78 is 85.5. The van der Waals surface area contributed by atoms with Gasteiger partial charge in [0.2, 0.25) is 5.91 Å². The van der Waals surface area contributed by atoms with Crippen molar-refractivity contribution in [3.8, 4) is 5.75 Å². The maximum absolute atomic E-state index is 13.8. The number of hydrogen-bond donors (Lipinski definition) is 4. The molecule has 7 aromatic rings. The van der Waals surface area contributed by atoms with Gasteiger partial charge in [0.25, 0.3) is 26.0 Å². The fourth-order valence-electron chi connectivity index (χ4n) is 11.8.